The number of aromatic nitrogens is 2. The third-order valence-corrected chi connectivity index (χ3v) is 5.16. The number of benzene rings is 2. The molecule has 1 heterocycles. The molecule has 8 heteroatoms. The Morgan fingerprint density at radius 3 is 1.83 bits per heavy atom. The second kappa shape index (κ2) is 7.64. The van der Waals surface area contributed by atoms with Crippen LogP contribution in [0.5, 0.6) is 17.8 Å². The minimum absolute atomic E-state index is 0.180. The molecule has 8 nitrogen and oxygen atoms in total. The second-order valence-corrected chi connectivity index (χ2v) is 6.60. The van der Waals surface area contributed by atoms with Gasteiger partial charge in [-0.15, -0.1) is 0 Å². The van der Waals surface area contributed by atoms with Crippen molar-refractivity contribution >= 4 is 5.97 Å². The van der Waals surface area contributed by atoms with Gasteiger partial charge in [0.25, 0.3) is 0 Å². The summed E-state index contributed by atoms with van der Waals surface area (Å²) in [7, 11) is 4.33. The summed E-state index contributed by atoms with van der Waals surface area (Å²) in [5, 5.41) is 10.2. The van der Waals surface area contributed by atoms with Gasteiger partial charge in [0.1, 0.15) is 0 Å². The quantitative estimate of drug-likeness (QED) is 0.637. The highest BCUT2D eigenvalue weighted by Gasteiger charge is 2.54. The molecule has 0 radical (unpaired) electrons. The molecule has 154 valence electrons. The van der Waals surface area contributed by atoms with Crippen LogP contribution in [0.3, 0.4) is 0 Å². The zero-order valence-electron chi connectivity index (χ0n) is 16.7. The van der Waals surface area contributed by atoms with E-state index in [9.17, 15) is 9.90 Å². The van der Waals surface area contributed by atoms with Crippen LogP contribution in [0, 0.1) is 0 Å². The van der Waals surface area contributed by atoms with E-state index in [4.69, 9.17) is 18.9 Å². The van der Waals surface area contributed by atoms with Crippen LogP contribution >= 0.6 is 0 Å². The Morgan fingerprint density at radius 1 is 0.900 bits per heavy atom. The summed E-state index contributed by atoms with van der Waals surface area (Å²) in [6, 6.07) is 16.3. The Balaban J connectivity index is 1.89. The number of hydrogen-bond acceptors (Lipinski definition) is 7. The lowest BCUT2D eigenvalue weighted by Crippen LogP contribution is -2.49. The highest BCUT2D eigenvalue weighted by Crippen LogP contribution is 2.51. The molecule has 2 aromatic carbocycles. The van der Waals surface area contributed by atoms with Crippen molar-refractivity contribution < 1.29 is 28.8 Å². The Hall–Kier alpha value is -3.65. The highest BCUT2D eigenvalue weighted by atomic mass is 16.6. The minimum atomic E-state index is -1.48. The fourth-order valence-corrected chi connectivity index (χ4v) is 3.90. The lowest BCUT2D eigenvalue weighted by atomic mass is 9.85. The number of carboxylic acids is 1. The maximum Gasteiger partial charge on any atom is 0.348 e. The molecule has 3 aromatic rings. The van der Waals surface area contributed by atoms with Crippen molar-refractivity contribution in [2.45, 2.75) is 11.7 Å². The summed E-state index contributed by atoms with van der Waals surface area (Å²) in [4.78, 5) is 20.7. The van der Waals surface area contributed by atoms with Crippen LogP contribution in [-0.2, 0) is 15.1 Å². The van der Waals surface area contributed by atoms with Crippen LogP contribution in [0.15, 0.2) is 54.6 Å². The lowest BCUT2D eigenvalue weighted by Gasteiger charge is -2.35. The number of carboxylic acid groups (broad SMARTS) is 1. The first kappa shape index (κ1) is 19.7. The Kier molecular flexibility index (Phi) is 5.01. The van der Waals surface area contributed by atoms with Gasteiger partial charge >= 0.3 is 12.0 Å². The average molecular weight is 408 g/mol. The van der Waals surface area contributed by atoms with E-state index >= 15 is 0 Å². The van der Waals surface area contributed by atoms with Crippen LogP contribution in [-0.4, -0.2) is 48.5 Å². The van der Waals surface area contributed by atoms with E-state index < -0.39 is 17.7 Å². The van der Waals surface area contributed by atoms with Crippen LogP contribution in [0.2, 0.25) is 0 Å². The molecule has 0 fully saturated rings. The standard InChI is InChI=1S/C22H20N2O6/c1-27-17-12-18(28-2)24-21(23-17)30-19(20(25)26)22(29-3)15-10-6-4-8-13(15)14-9-5-7-11-16(14)22/h4-12,19H,1-3H3,(H,25,26). The van der Waals surface area contributed by atoms with Crippen molar-refractivity contribution in [1.82, 2.24) is 9.97 Å². The largest absolute Gasteiger partial charge is 0.481 e. The molecular weight excluding hydrogens is 388 g/mol. The SMILES string of the molecule is COc1cc(OC)nc(OC(C(=O)O)C2(OC)c3ccccc3-c3ccccc32)n1. The van der Waals surface area contributed by atoms with Gasteiger partial charge in [0.05, 0.1) is 20.3 Å². The van der Waals surface area contributed by atoms with Gasteiger partial charge in [-0.2, -0.15) is 9.97 Å². The number of nitrogens with zero attached hydrogens (tertiary/aromatic N) is 2. The van der Waals surface area contributed by atoms with Crippen molar-refractivity contribution in [2.24, 2.45) is 0 Å². The van der Waals surface area contributed by atoms with Gasteiger partial charge < -0.3 is 24.1 Å². The van der Waals surface area contributed by atoms with E-state index in [-0.39, 0.29) is 17.8 Å². The number of ether oxygens (including phenoxy) is 4. The van der Waals surface area contributed by atoms with Gasteiger partial charge in [-0.1, -0.05) is 48.5 Å². The first-order valence-electron chi connectivity index (χ1n) is 9.16. The number of rotatable bonds is 7. The number of aliphatic carboxylic acids is 1. The van der Waals surface area contributed by atoms with E-state index in [1.54, 1.807) is 0 Å². The zero-order valence-corrected chi connectivity index (χ0v) is 16.7. The predicted octanol–water partition coefficient (Wildman–Crippen LogP) is 2.90. The van der Waals surface area contributed by atoms with Crippen molar-refractivity contribution in [2.75, 3.05) is 21.3 Å². The molecule has 0 saturated carbocycles. The highest BCUT2D eigenvalue weighted by molar-refractivity contribution is 5.86. The van der Waals surface area contributed by atoms with Gasteiger partial charge in [0, 0.05) is 18.2 Å². The first-order valence-corrected chi connectivity index (χ1v) is 9.16. The van der Waals surface area contributed by atoms with Gasteiger partial charge in [-0.3, -0.25) is 0 Å². The smallest absolute Gasteiger partial charge is 0.348 e. The van der Waals surface area contributed by atoms with Gasteiger partial charge in [0.15, 0.2) is 5.60 Å². The fourth-order valence-electron chi connectivity index (χ4n) is 3.90. The number of fused-ring (bicyclic) bond motifs is 3. The lowest BCUT2D eigenvalue weighted by molar-refractivity contribution is -0.160. The molecule has 0 aliphatic heterocycles. The van der Waals surface area contributed by atoms with Crippen LogP contribution in [0.1, 0.15) is 11.1 Å². The molecule has 1 atom stereocenters. The second-order valence-electron chi connectivity index (χ2n) is 6.60. The van der Waals surface area contributed by atoms with E-state index in [1.165, 1.54) is 27.4 Å². The van der Waals surface area contributed by atoms with Crippen molar-refractivity contribution in [3.8, 4) is 28.9 Å². The fraction of sp³-hybridized carbons (Fsp3) is 0.227. The molecule has 0 amide bonds. The molecule has 4 rings (SSSR count). The van der Waals surface area contributed by atoms with Crippen LogP contribution in [0.25, 0.3) is 11.1 Å². The Morgan fingerprint density at radius 2 is 1.40 bits per heavy atom. The van der Waals surface area contributed by atoms with Crippen molar-refractivity contribution in [3.63, 3.8) is 0 Å². The number of carbonyl (C=O) groups is 1. The van der Waals surface area contributed by atoms with E-state index in [0.29, 0.717) is 11.1 Å². The normalized spacial score (nSPS) is 14.4. The van der Waals surface area contributed by atoms with E-state index in [1.807, 2.05) is 48.5 Å². The molecule has 0 spiro atoms. The maximum atomic E-state index is 12.5. The topological polar surface area (TPSA) is 100 Å². The van der Waals surface area contributed by atoms with Crippen molar-refractivity contribution in [3.05, 3.63) is 65.7 Å². The molecular formula is C22H20N2O6. The zero-order chi connectivity index (χ0) is 21.3. The monoisotopic (exact) mass is 408 g/mol. The third kappa shape index (κ3) is 2.93. The summed E-state index contributed by atoms with van der Waals surface area (Å²) >= 11 is 0. The molecule has 1 N–H and O–H groups in total. The molecule has 1 unspecified atom stereocenters. The van der Waals surface area contributed by atoms with Gasteiger partial charge in [0.2, 0.25) is 17.9 Å². The summed E-state index contributed by atoms with van der Waals surface area (Å²) in [5.74, 6) is -0.868. The molecule has 0 bridgehead atoms. The summed E-state index contributed by atoms with van der Waals surface area (Å²) < 4.78 is 22.1. The maximum absolute atomic E-state index is 12.5. The third-order valence-electron chi connectivity index (χ3n) is 5.16. The van der Waals surface area contributed by atoms with Crippen LogP contribution in [0.4, 0.5) is 0 Å². The molecule has 1 aromatic heterocycles. The van der Waals surface area contributed by atoms with Gasteiger partial charge in [-0.25, -0.2) is 4.79 Å². The number of methoxy groups -OCH3 is 3. The first-order chi connectivity index (χ1) is 14.5. The number of hydrogen-bond donors (Lipinski definition) is 1. The van der Waals surface area contributed by atoms with Crippen LogP contribution < -0.4 is 14.2 Å². The van der Waals surface area contributed by atoms with Crippen molar-refractivity contribution in [1.29, 1.82) is 0 Å². The molecule has 1 aliphatic carbocycles. The summed E-state index contributed by atoms with van der Waals surface area (Å²) in [6.07, 6.45) is -1.48. The molecule has 0 saturated heterocycles. The molecule has 30 heavy (non-hydrogen) atoms. The average Bonchev–Trinajstić information content (AvgIpc) is 3.07. The minimum Gasteiger partial charge on any atom is -0.481 e. The van der Waals surface area contributed by atoms with E-state index in [2.05, 4.69) is 9.97 Å². The molecule has 1 aliphatic rings. The summed E-state index contributed by atoms with van der Waals surface area (Å²) in [5.41, 5.74) is 1.74. The Bertz CT molecular complexity index is 1030. The van der Waals surface area contributed by atoms with Gasteiger partial charge in [-0.05, 0) is 11.1 Å². The van der Waals surface area contributed by atoms with E-state index in [0.717, 1.165) is 11.1 Å². The Labute approximate surface area is 173 Å². The predicted molar refractivity (Wildman–Crippen MR) is 107 cm³/mol. The summed E-state index contributed by atoms with van der Waals surface area (Å²) in [6.45, 7) is 0.